The number of para-hydroxylation sites is 1. The molecule has 0 radical (unpaired) electrons. The van der Waals surface area contributed by atoms with Crippen molar-refractivity contribution in [3.05, 3.63) is 83.7 Å². The summed E-state index contributed by atoms with van der Waals surface area (Å²) in [5, 5.41) is 0. The minimum atomic E-state index is -3.68. The molecule has 0 unspecified atom stereocenters. The van der Waals surface area contributed by atoms with E-state index in [0.717, 1.165) is 28.4 Å². The van der Waals surface area contributed by atoms with Crippen molar-refractivity contribution in [2.24, 2.45) is 4.99 Å². The minimum absolute atomic E-state index is 0.0993. The van der Waals surface area contributed by atoms with Gasteiger partial charge >= 0.3 is 0 Å². The van der Waals surface area contributed by atoms with E-state index in [1.165, 1.54) is 28.6 Å². The first-order valence-corrected chi connectivity index (χ1v) is 11.8. The van der Waals surface area contributed by atoms with Crippen LogP contribution in [0.5, 0.6) is 11.5 Å². The molecule has 0 atom stereocenters. The Morgan fingerprint density at radius 2 is 1.62 bits per heavy atom. The monoisotopic (exact) mass is 451 g/mol. The summed E-state index contributed by atoms with van der Waals surface area (Å²) >= 11 is 0. The van der Waals surface area contributed by atoms with E-state index < -0.39 is 15.8 Å². The van der Waals surface area contributed by atoms with Gasteiger partial charge in [-0.3, -0.25) is 0 Å². The Kier molecular flexibility index (Phi) is 5.19. The summed E-state index contributed by atoms with van der Waals surface area (Å²) < 4.78 is 46.8. The van der Waals surface area contributed by atoms with Gasteiger partial charge in [-0.1, -0.05) is 18.2 Å². The lowest BCUT2D eigenvalue weighted by Gasteiger charge is -2.35. The fourth-order valence-corrected chi connectivity index (χ4v) is 5.39. The highest BCUT2D eigenvalue weighted by molar-refractivity contribution is 7.89. The van der Waals surface area contributed by atoms with Crippen LogP contribution in [0.4, 0.5) is 10.1 Å². The average molecular weight is 452 g/mol. The second-order valence-corrected chi connectivity index (χ2v) is 9.79. The molecule has 1 saturated heterocycles. The van der Waals surface area contributed by atoms with Gasteiger partial charge in [-0.25, -0.2) is 17.8 Å². The Labute approximate surface area is 186 Å². The first kappa shape index (κ1) is 20.7. The third-order valence-electron chi connectivity index (χ3n) is 5.68. The molecule has 0 aromatic heterocycles. The van der Waals surface area contributed by atoms with Crippen molar-refractivity contribution in [2.45, 2.75) is 11.8 Å². The molecule has 5 rings (SSSR count). The number of nitrogens with zero attached hydrogens (tertiary/aromatic N) is 3. The van der Waals surface area contributed by atoms with Crippen molar-refractivity contribution in [3.63, 3.8) is 0 Å². The van der Waals surface area contributed by atoms with Crippen LogP contribution in [0.25, 0.3) is 0 Å². The molecule has 164 valence electrons. The number of hydrogen-bond donors (Lipinski definition) is 0. The van der Waals surface area contributed by atoms with Crippen LogP contribution in [0, 0.1) is 12.7 Å². The largest absolute Gasteiger partial charge is 0.454 e. The number of sulfonamides is 1. The molecule has 0 saturated carbocycles. The number of piperazine rings is 1. The van der Waals surface area contributed by atoms with Gasteiger partial charge in [0.2, 0.25) is 10.0 Å². The lowest BCUT2D eigenvalue weighted by molar-refractivity contribution is 0.266. The van der Waals surface area contributed by atoms with E-state index in [1.54, 1.807) is 0 Å². The van der Waals surface area contributed by atoms with Crippen molar-refractivity contribution >= 4 is 21.5 Å². The van der Waals surface area contributed by atoms with Gasteiger partial charge in [0, 0.05) is 26.2 Å². The first-order valence-electron chi connectivity index (χ1n) is 10.4. The van der Waals surface area contributed by atoms with Crippen LogP contribution in [0.2, 0.25) is 0 Å². The Bertz CT molecular complexity index is 1300. The smallest absolute Gasteiger partial charge is 0.243 e. The predicted molar refractivity (Wildman–Crippen MR) is 121 cm³/mol. The highest BCUT2D eigenvalue weighted by Crippen LogP contribution is 2.38. The minimum Gasteiger partial charge on any atom is -0.454 e. The molecule has 3 aromatic carbocycles. The summed E-state index contributed by atoms with van der Waals surface area (Å²) in [5.41, 5.74) is 2.69. The summed E-state index contributed by atoms with van der Waals surface area (Å²) in [6.07, 6.45) is 0. The molecule has 2 aliphatic rings. The maximum Gasteiger partial charge on any atom is 0.243 e. The van der Waals surface area contributed by atoms with Crippen LogP contribution in [-0.2, 0) is 10.0 Å². The number of fused-ring (bicyclic) bond motifs is 2. The van der Waals surface area contributed by atoms with Gasteiger partial charge in [0.15, 0.2) is 5.75 Å². The van der Waals surface area contributed by atoms with Crippen molar-refractivity contribution in [1.82, 2.24) is 9.21 Å². The summed E-state index contributed by atoms with van der Waals surface area (Å²) in [4.78, 5) is 7.10. The lowest BCUT2D eigenvalue weighted by Crippen LogP contribution is -2.50. The molecule has 1 fully saturated rings. The van der Waals surface area contributed by atoms with E-state index in [-0.39, 0.29) is 4.90 Å². The number of amidine groups is 1. The molecule has 0 N–H and O–H groups in total. The molecule has 2 heterocycles. The number of hydrogen-bond acceptors (Lipinski definition) is 5. The van der Waals surface area contributed by atoms with Crippen LogP contribution in [0.3, 0.4) is 0 Å². The van der Waals surface area contributed by atoms with Crippen LogP contribution in [0.1, 0.15) is 11.1 Å². The van der Waals surface area contributed by atoms with E-state index >= 15 is 0 Å². The molecule has 0 bridgehead atoms. The molecule has 32 heavy (non-hydrogen) atoms. The molecule has 3 aromatic rings. The average Bonchev–Trinajstić information content (AvgIpc) is 2.96. The van der Waals surface area contributed by atoms with Crippen LogP contribution < -0.4 is 4.74 Å². The molecule has 2 aliphatic heterocycles. The Balaban J connectivity index is 1.43. The molecule has 0 amide bonds. The number of halogens is 1. The van der Waals surface area contributed by atoms with Gasteiger partial charge < -0.3 is 9.64 Å². The second kappa shape index (κ2) is 8.03. The van der Waals surface area contributed by atoms with E-state index in [0.29, 0.717) is 31.9 Å². The maximum atomic E-state index is 13.2. The standard InChI is InChI=1S/C24H22FN3O3S/c1-17-6-11-21-23(16-17)31-22-5-3-2-4-20(22)24(26-21)27-12-14-28(15-13-27)32(29,30)19-9-7-18(25)8-10-19/h2-11,16H,12-15H2,1H3. The molecule has 6 nitrogen and oxygen atoms in total. The van der Waals surface area contributed by atoms with Crippen molar-refractivity contribution < 1.29 is 17.5 Å². The van der Waals surface area contributed by atoms with Crippen molar-refractivity contribution in [1.29, 1.82) is 0 Å². The number of rotatable bonds is 2. The molecule has 0 aliphatic carbocycles. The summed E-state index contributed by atoms with van der Waals surface area (Å²) in [6, 6.07) is 18.6. The summed E-state index contributed by atoms with van der Waals surface area (Å²) in [7, 11) is -3.68. The van der Waals surface area contributed by atoms with Gasteiger partial charge in [0.25, 0.3) is 0 Å². The van der Waals surface area contributed by atoms with Gasteiger partial charge in [0.1, 0.15) is 23.1 Å². The zero-order valence-electron chi connectivity index (χ0n) is 17.5. The normalized spacial score (nSPS) is 16.4. The number of aryl methyl sites for hydroxylation is 1. The fourth-order valence-electron chi connectivity index (χ4n) is 3.97. The summed E-state index contributed by atoms with van der Waals surface area (Å²) in [5.74, 6) is 1.72. The predicted octanol–water partition coefficient (Wildman–Crippen LogP) is 4.32. The van der Waals surface area contributed by atoms with E-state index in [4.69, 9.17) is 9.73 Å². The fraction of sp³-hybridized carbons (Fsp3) is 0.208. The Morgan fingerprint density at radius 3 is 2.38 bits per heavy atom. The molecule has 0 spiro atoms. The third kappa shape index (κ3) is 3.76. The van der Waals surface area contributed by atoms with Gasteiger partial charge in [-0.15, -0.1) is 0 Å². The van der Waals surface area contributed by atoms with E-state index in [1.807, 2.05) is 49.4 Å². The quantitative estimate of drug-likeness (QED) is 0.582. The first-order chi connectivity index (χ1) is 15.4. The van der Waals surface area contributed by atoms with Gasteiger partial charge in [0.05, 0.1) is 10.5 Å². The van der Waals surface area contributed by atoms with E-state index in [9.17, 15) is 12.8 Å². The Hall–Kier alpha value is -3.23. The zero-order chi connectivity index (χ0) is 22.3. The van der Waals surface area contributed by atoms with Crippen LogP contribution in [-0.4, -0.2) is 49.6 Å². The molecular formula is C24H22FN3O3S. The lowest BCUT2D eigenvalue weighted by atomic mass is 10.1. The topological polar surface area (TPSA) is 62.2 Å². The number of aliphatic imine (C=N–C) groups is 1. The SMILES string of the molecule is Cc1ccc2c(c1)Oc1ccccc1C(N1CCN(S(=O)(=O)c3ccc(F)cc3)CC1)=N2. The van der Waals surface area contributed by atoms with Crippen LogP contribution >= 0.6 is 0 Å². The maximum absolute atomic E-state index is 13.2. The van der Waals surface area contributed by atoms with Crippen molar-refractivity contribution in [2.75, 3.05) is 26.2 Å². The van der Waals surface area contributed by atoms with Crippen molar-refractivity contribution in [3.8, 4) is 11.5 Å². The van der Waals surface area contributed by atoms with Crippen LogP contribution in [0.15, 0.2) is 76.6 Å². The van der Waals surface area contributed by atoms with E-state index in [2.05, 4.69) is 4.90 Å². The zero-order valence-corrected chi connectivity index (χ0v) is 18.3. The molecular weight excluding hydrogens is 429 g/mol. The second-order valence-electron chi connectivity index (χ2n) is 7.85. The third-order valence-corrected chi connectivity index (χ3v) is 7.59. The summed E-state index contributed by atoms with van der Waals surface area (Å²) in [6.45, 7) is 3.58. The highest BCUT2D eigenvalue weighted by atomic mass is 32.2. The van der Waals surface area contributed by atoms with Gasteiger partial charge in [-0.05, 0) is 61.0 Å². The molecule has 8 heteroatoms. The number of benzene rings is 3. The number of ether oxygens (including phenoxy) is 1. The Morgan fingerprint density at radius 1 is 0.906 bits per heavy atom. The van der Waals surface area contributed by atoms with Gasteiger partial charge in [-0.2, -0.15) is 4.31 Å². The highest BCUT2D eigenvalue weighted by Gasteiger charge is 2.31.